The lowest BCUT2D eigenvalue weighted by atomic mass is 9.76. The van der Waals surface area contributed by atoms with E-state index in [-0.39, 0.29) is 44.3 Å². The first-order chi connectivity index (χ1) is 8.39. The van der Waals surface area contributed by atoms with Crippen LogP contribution in [0, 0.1) is 11.3 Å². The zero-order valence-electron chi connectivity index (χ0n) is 10.3. The summed E-state index contributed by atoms with van der Waals surface area (Å²) in [6, 6.07) is 0. The van der Waals surface area contributed by atoms with Gasteiger partial charge in [0.1, 0.15) is 0 Å². The predicted molar refractivity (Wildman–Crippen MR) is 60.7 cm³/mol. The molecule has 2 rings (SSSR count). The molecule has 0 spiro atoms. The maximum absolute atomic E-state index is 13.0. The Morgan fingerprint density at radius 3 is 2.17 bits per heavy atom. The summed E-state index contributed by atoms with van der Waals surface area (Å²) >= 11 is 0. The summed E-state index contributed by atoms with van der Waals surface area (Å²) in [5.41, 5.74) is 3.53. The minimum absolute atomic E-state index is 0.0362. The quantitative estimate of drug-likeness (QED) is 0.828. The number of piperidine rings is 1. The third-order valence-corrected chi connectivity index (χ3v) is 4.48. The molecule has 1 saturated heterocycles. The van der Waals surface area contributed by atoms with Gasteiger partial charge in [-0.2, -0.15) is 13.2 Å². The van der Waals surface area contributed by atoms with Crippen molar-refractivity contribution in [3.05, 3.63) is 0 Å². The Labute approximate surface area is 104 Å². The summed E-state index contributed by atoms with van der Waals surface area (Å²) in [5.74, 6) is 0.0929. The molecule has 0 aromatic heterocycles. The fraction of sp³-hybridized carbons (Fsp3) is 0.917. The molecule has 0 radical (unpaired) electrons. The summed E-state index contributed by atoms with van der Waals surface area (Å²) in [7, 11) is 0. The van der Waals surface area contributed by atoms with E-state index in [9.17, 15) is 18.0 Å². The highest BCUT2D eigenvalue weighted by Crippen LogP contribution is 2.45. The highest BCUT2D eigenvalue weighted by Gasteiger charge is 2.55. The van der Waals surface area contributed by atoms with E-state index in [2.05, 4.69) is 0 Å². The second kappa shape index (κ2) is 4.72. The summed E-state index contributed by atoms with van der Waals surface area (Å²) in [6.07, 6.45) is -1.57. The highest BCUT2D eigenvalue weighted by atomic mass is 19.4. The minimum atomic E-state index is -4.27. The average molecular weight is 264 g/mol. The van der Waals surface area contributed by atoms with Crippen LogP contribution in [0.4, 0.5) is 13.2 Å². The molecular formula is C12H19F3N2O. The number of nitrogens with zero attached hydrogens (tertiary/aromatic N) is 1. The first-order valence-corrected chi connectivity index (χ1v) is 6.45. The number of hydrogen-bond acceptors (Lipinski definition) is 2. The third-order valence-electron chi connectivity index (χ3n) is 4.48. The third kappa shape index (κ3) is 2.22. The normalized spacial score (nSPS) is 24.8. The molecule has 6 heteroatoms. The maximum atomic E-state index is 13.0. The SMILES string of the molecule is NCC1(C(F)(F)F)CCN(C(=O)C2CCC2)CC1. The van der Waals surface area contributed by atoms with Crippen LogP contribution in [0.5, 0.6) is 0 Å². The lowest BCUT2D eigenvalue weighted by molar-refractivity contribution is -0.234. The Kier molecular flexibility index (Phi) is 3.58. The second-order valence-corrected chi connectivity index (χ2v) is 5.44. The Balaban J connectivity index is 1.96. The van der Waals surface area contributed by atoms with Crippen LogP contribution in [0.3, 0.4) is 0 Å². The van der Waals surface area contributed by atoms with Crippen LogP contribution in [0.1, 0.15) is 32.1 Å². The van der Waals surface area contributed by atoms with E-state index in [0.717, 1.165) is 19.3 Å². The number of carbonyl (C=O) groups is 1. The largest absolute Gasteiger partial charge is 0.395 e. The van der Waals surface area contributed by atoms with Gasteiger partial charge in [0.15, 0.2) is 0 Å². The van der Waals surface area contributed by atoms with Crippen molar-refractivity contribution >= 4 is 5.91 Å². The number of halogens is 3. The van der Waals surface area contributed by atoms with E-state index >= 15 is 0 Å². The Hall–Kier alpha value is -0.780. The van der Waals surface area contributed by atoms with Crippen LogP contribution < -0.4 is 5.73 Å². The van der Waals surface area contributed by atoms with Crippen LogP contribution in [-0.2, 0) is 4.79 Å². The van der Waals surface area contributed by atoms with Crippen molar-refractivity contribution in [2.75, 3.05) is 19.6 Å². The Bertz CT molecular complexity index is 318. The molecule has 2 N–H and O–H groups in total. The molecule has 104 valence electrons. The molecule has 2 aliphatic rings. The first kappa shape index (κ1) is 13.6. The lowest BCUT2D eigenvalue weighted by Gasteiger charge is -2.43. The monoisotopic (exact) mass is 264 g/mol. The zero-order chi connectivity index (χ0) is 13.4. The highest BCUT2D eigenvalue weighted by molar-refractivity contribution is 5.79. The molecule has 0 unspecified atom stereocenters. The van der Waals surface area contributed by atoms with E-state index in [1.165, 1.54) is 0 Å². The van der Waals surface area contributed by atoms with Crippen molar-refractivity contribution < 1.29 is 18.0 Å². The van der Waals surface area contributed by atoms with Crippen molar-refractivity contribution in [3.8, 4) is 0 Å². The van der Waals surface area contributed by atoms with Crippen LogP contribution in [0.25, 0.3) is 0 Å². The van der Waals surface area contributed by atoms with Gasteiger partial charge in [-0.25, -0.2) is 0 Å². The number of alkyl halides is 3. The van der Waals surface area contributed by atoms with Crippen molar-refractivity contribution in [2.24, 2.45) is 17.1 Å². The number of likely N-dealkylation sites (tertiary alicyclic amines) is 1. The van der Waals surface area contributed by atoms with E-state index in [1.807, 2.05) is 0 Å². The van der Waals surface area contributed by atoms with Crippen molar-refractivity contribution in [1.29, 1.82) is 0 Å². The maximum Gasteiger partial charge on any atom is 0.395 e. The lowest BCUT2D eigenvalue weighted by Crippen LogP contribution is -2.54. The van der Waals surface area contributed by atoms with Gasteiger partial charge in [0, 0.05) is 25.6 Å². The van der Waals surface area contributed by atoms with Crippen molar-refractivity contribution in [1.82, 2.24) is 4.90 Å². The van der Waals surface area contributed by atoms with Gasteiger partial charge in [-0.3, -0.25) is 4.79 Å². The molecular weight excluding hydrogens is 245 g/mol. The zero-order valence-corrected chi connectivity index (χ0v) is 10.3. The minimum Gasteiger partial charge on any atom is -0.342 e. The standard InChI is InChI=1S/C12H19F3N2O/c13-12(14,15)11(8-16)4-6-17(7-5-11)10(18)9-2-1-3-9/h9H,1-8,16H2. The van der Waals surface area contributed by atoms with Gasteiger partial charge in [0.2, 0.25) is 5.91 Å². The van der Waals surface area contributed by atoms with Crippen LogP contribution in [-0.4, -0.2) is 36.6 Å². The van der Waals surface area contributed by atoms with E-state index in [4.69, 9.17) is 5.73 Å². The van der Waals surface area contributed by atoms with Gasteiger partial charge < -0.3 is 10.6 Å². The molecule has 18 heavy (non-hydrogen) atoms. The van der Waals surface area contributed by atoms with Crippen molar-refractivity contribution in [3.63, 3.8) is 0 Å². The first-order valence-electron chi connectivity index (χ1n) is 6.45. The number of hydrogen-bond donors (Lipinski definition) is 1. The van der Waals surface area contributed by atoms with Gasteiger partial charge in [0.25, 0.3) is 0 Å². The number of carbonyl (C=O) groups excluding carboxylic acids is 1. The molecule has 1 amide bonds. The summed E-state index contributed by atoms with van der Waals surface area (Å²) in [6.45, 7) is -0.0138. The topological polar surface area (TPSA) is 46.3 Å². The molecule has 0 atom stereocenters. The molecule has 1 aliphatic carbocycles. The molecule has 1 saturated carbocycles. The summed E-state index contributed by atoms with van der Waals surface area (Å²) in [4.78, 5) is 13.5. The number of nitrogens with two attached hydrogens (primary N) is 1. The predicted octanol–water partition coefficient (Wildman–Crippen LogP) is 1.92. The summed E-state index contributed by atoms with van der Waals surface area (Å²) < 4.78 is 38.9. The van der Waals surface area contributed by atoms with E-state index < -0.39 is 11.6 Å². The van der Waals surface area contributed by atoms with Gasteiger partial charge in [-0.05, 0) is 25.7 Å². The molecule has 1 heterocycles. The second-order valence-electron chi connectivity index (χ2n) is 5.44. The van der Waals surface area contributed by atoms with Crippen LogP contribution in [0.15, 0.2) is 0 Å². The van der Waals surface area contributed by atoms with E-state index in [0.29, 0.717) is 0 Å². The van der Waals surface area contributed by atoms with Gasteiger partial charge in [0.05, 0.1) is 5.41 Å². The number of rotatable bonds is 2. The molecule has 1 aliphatic heterocycles. The molecule has 0 aromatic rings. The fourth-order valence-corrected chi connectivity index (χ4v) is 2.67. The molecule has 0 aromatic carbocycles. The van der Waals surface area contributed by atoms with Crippen molar-refractivity contribution in [2.45, 2.75) is 38.3 Å². The van der Waals surface area contributed by atoms with Gasteiger partial charge in [-0.15, -0.1) is 0 Å². The van der Waals surface area contributed by atoms with Crippen LogP contribution >= 0.6 is 0 Å². The Morgan fingerprint density at radius 1 is 1.28 bits per heavy atom. The molecule has 3 nitrogen and oxygen atoms in total. The smallest absolute Gasteiger partial charge is 0.342 e. The van der Waals surface area contributed by atoms with Gasteiger partial charge >= 0.3 is 6.18 Å². The fourth-order valence-electron chi connectivity index (χ4n) is 2.67. The average Bonchev–Trinajstić information content (AvgIpc) is 2.25. The number of amides is 1. The Morgan fingerprint density at radius 2 is 1.83 bits per heavy atom. The van der Waals surface area contributed by atoms with E-state index in [1.54, 1.807) is 4.90 Å². The van der Waals surface area contributed by atoms with Crippen LogP contribution in [0.2, 0.25) is 0 Å². The van der Waals surface area contributed by atoms with Gasteiger partial charge in [-0.1, -0.05) is 6.42 Å². The molecule has 2 fully saturated rings. The summed E-state index contributed by atoms with van der Waals surface area (Å²) in [5, 5.41) is 0. The molecule has 0 bridgehead atoms.